The Labute approximate surface area is 131 Å². The molecule has 3 nitrogen and oxygen atoms in total. The third kappa shape index (κ3) is 3.48. The Kier molecular flexibility index (Phi) is 5.21. The van der Waals surface area contributed by atoms with Crippen molar-refractivity contribution in [2.45, 2.75) is 12.5 Å². The first kappa shape index (κ1) is 16.1. The molecule has 1 atom stereocenters. The van der Waals surface area contributed by atoms with Crippen molar-refractivity contribution >= 4 is 0 Å². The molecule has 1 unspecified atom stereocenters. The van der Waals surface area contributed by atoms with Crippen LogP contribution in [0.1, 0.15) is 16.7 Å². The van der Waals surface area contributed by atoms with Gasteiger partial charge in [-0.1, -0.05) is 47.9 Å². The van der Waals surface area contributed by atoms with Crippen LogP contribution in [0.5, 0.6) is 5.75 Å². The van der Waals surface area contributed by atoms with Gasteiger partial charge in [-0.2, -0.15) is 0 Å². The van der Waals surface area contributed by atoms with Gasteiger partial charge in [0, 0.05) is 18.2 Å². The van der Waals surface area contributed by atoms with E-state index in [1.807, 2.05) is 31.2 Å². The van der Waals surface area contributed by atoms with Crippen LogP contribution in [-0.2, 0) is 10.3 Å². The van der Waals surface area contributed by atoms with Gasteiger partial charge in [0.25, 0.3) is 0 Å². The summed E-state index contributed by atoms with van der Waals surface area (Å²) in [5.74, 6) is 3.21. The maximum absolute atomic E-state index is 10.9. The van der Waals surface area contributed by atoms with E-state index in [4.69, 9.17) is 15.9 Å². The zero-order valence-corrected chi connectivity index (χ0v) is 12.9. The van der Waals surface area contributed by atoms with E-state index in [1.165, 1.54) is 0 Å². The van der Waals surface area contributed by atoms with E-state index in [-0.39, 0.29) is 0 Å². The normalized spacial score (nSPS) is 13.2. The molecule has 0 saturated carbocycles. The van der Waals surface area contributed by atoms with Crippen molar-refractivity contribution in [2.75, 3.05) is 20.3 Å². The van der Waals surface area contributed by atoms with Crippen molar-refractivity contribution < 1.29 is 14.6 Å². The summed E-state index contributed by atoms with van der Waals surface area (Å²) in [6.07, 6.45) is 5.60. The van der Waals surface area contributed by atoms with Gasteiger partial charge in [0.1, 0.15) is 12.4 Å². The molecule has 0 bridgehead atoms. The first-order valence-corrected chi connectivity index (χ1v) is 7.09. The second kappa shape index (κ2) is 7.13. The predicted molar refractivity (Wildman–Crippen MR) is 86.8 cm³/mol. The molecule has 0 spiro atoms. The number of hydrogen-bond donors (Lipinski definition) is 1. The van der Waals surface area contributed by atoms with Gasteiger partial charge >= 0.3 is 0 Å². The lowest BCUT2D eigenvalue weighted by Gasteiger charge is -2.23. The van der Waals surface area contributed by atoms with Crippen molar-refractivity contribution in [3.8, 4) is 18.1 Å². The minimum absolute atomic E-state index is 0.479. The highest BCUT2D eigenvalue weighted by molar-refractivity contribution is 5.45. The number of terminal acetylenes is 1. The fraction of sp³-hybridized carbons (Fsp3) is 0.263. The van der Waals surface area contributed by atoms with Crippen LogP contribution in [0.25, 0.3) is 0 Å². The fourth-order valence-electron chi connectivity index (χ4n) is 2.16. The molecule has 0 aliphatic heterocycles. The van der Waals surface area contributed by atoms with Crippen LogP contribution in [0.15, 0.2) is 48.5 Å². The zero-order chi connectivity index (χ0) is 16.0. The van der Waals surface area contributed by atoms with Crippen molar-refractivity contribution in [3.63, 3.8) is 0 Å². The van der Waals surface area contributed by atoms with E-state index >= 15 is 0 Å². The summed E-state index contributed by atoms with van der Waals surface area (Å²) < 4.78 is 10.4. The number of hydrogen-bond acceptors (Lipinski definition) is 3. The summed E-state index contributed by atoms with van der Waals surface area (Å²) in [4.78, 5) is 0. The van der Waals surface area contributed by atoms with E-state index in [1.54, 1.807) is 31.4 Å². The van der Waals surface area contributed by atoms with Crippen molar-refractivity contribution in [1.29, 1.82) is 0 Å². The summed E-state index contributed by atoms with van der Waals surface area (Å²) in [5.41, 5.74) is 0.982. The molecule has 2 aromatic carbocycles. The molecule has 0 radical (unpaired) electrons. The first-order chi connectivity index (χ1) is 10.6. The van der Waals surface area contributed by atoms with Crippen LogP contribution < -0.4 is 4.74 Å². The highest BCUT2D eigenvalue weighted by Crippen LogP contribution is 2.30. The van der Waals surface area contributed by atoms with Crippen LogP contribution in [0.4, 0.5) is 0 Å². The number of aliphatic hydroxyl groups is 1. The quantitative estimate of drug-likeness (QED) is 0.658. The molecule has 0 aliphatic carbocycles. The molecule has 22 heavy (non-hydrogen) atoms. The van der Waals surface area contributed by atoms with Crippen molar-refractivity contribution in [3.05, 3.63) is 65.2 Å². The summed E-state index contributed by atoms with van der Waals surface area (Å²) in [6, 6.07) is 14.7. The van der Waals surface area contributed by atoms with E-state index in [9.17, 15) is 5.11 Å². The Morgan fingerprint density at radius 3 is 2.05 bits per heavy atom. The van der Waals surface area contributed by atoms with Crippen molar-refractivity contribution in [1.82, 2.24) is 0 Å². The Morgan fingerprint density at radius 1 is 1.00 bits per heavy atom. The Morgan fingerprint density at radius 2 is 1.55 bits per heavy atom. The smallest absolute Gasteiger partial charge is 0.176 e. The first-order valence-electron chi connectivity index (χ1n) is 7.09. The molecule has 0 amide bonds. The summed E-state index contributed by atoms with van der Waals surface area (Å²) in [7, 11) is 1.63. The number of aryl methyl sites for hydroxylation is 1. The predicted octanol–water partition coefficient (Wildman–Crippen LogP) is 2.89. The number of methoxy groups -OCH3 is 1. The van der Waals surface area contributed by atoms with Crippen LogP contribution in [0.2, 0.25) is 0 Å². The summed E-state index contributed by atoms with van der Waals surface area (Å²) in [6.45, 7) is 3.00. The minimum Gasteiger partial charge on any atom is -0.491 e. The molecule has 2 rings (SSSR count). The molecule has 0 aliphatic rings. The van der Waals surface area contributed by atoms with Gasteiger partial charge < -0.3 is 14.6 Å². The third-order valence-corrected chi connectivity index (χ3v) is 3.51. The van der Waals surface area contributed by atoms with E-state index in [2.05, 4.69) is 5.92 Å². The SMILES string of the molecule is C#CC(O)(c1ccc(C)cc1)c1ccc(OCCOC)cc1. The number of ether oxygens (including phenoxy) is 2. The topological polar surface area (TPSA) is 38.7 Å². The Balaban J connectivity index is 2.24. The maximum atomic E-state index is 10.9. The molecule has 0 fully saturated rings. The lowest BCUT2D eigenvalue weighted by molar-refractivity contribution is 0.143. The van der Waals surface area contributed by atoms with Crippen LogP contribution >= 0.6 is 0 Å². The summed E-state index contributed by atoms with van der Waals surface area (Å²) >= 11 is 0. The molecule has 0 aromatic heterocycles. The monoisotopic (exact) mass is 296 g/mol. The average Bonchev–Trinajstić information content (AvgIpc) is 2.55. The molecule has 2 aromatic rings. The second-order valence-electron chi connectivity index (χ2n) is 5.09. The van der Waals surface area contributed by atoms with Crippen LogP contribution in [-0.4, -0.2) is 25.4 Å². The lowest BCUT2D eigenvalue weighted by atomic mass is 9.87. The van der Waals surface area contributed by atoms with Gasteiger partial charge in [0.15, 0.2) is 5.60 Å². The van der Waals surface area contributed by atoms with Gasteiger partial charge in [0.05, 0.1) is 6.61 Å². The molecule has 3 heteroatoms. The van der Waals surface area contributed by atoms with E-state index in [0.717, 1.165) is 5.56 Å². The van der Waals surface area contributed by atoms with Gasteiger partial charge in [-0.3, -0.25) is 0 Å². The average molecular weight is 296 g/mol. The minimum atomic E-state index is -1.45. The number of benzene rings is 2. The largest absolute Gasteiger partial charge is 0.491 e. The van der Waals surface area contributed by atoms with Crippen LogP contribution in [0, 0.1) is 19.3 Å². The zero-order valence-electron chi connectivity index (χ0n) is 12.9. The molecular weight excluding hydrogens is 276 g/mol. The van der Waals surface area contributed by atoms with Crippen LogP contribution in [0.3, 0.4) is 0 Å². The number of rotatable bonds is 6. The lowest BCUT2D eigenvalue weighted by Crippen LogP contribution is -2.24. The Bertz CT molecular complexity index is 638. The second-order valence-corrected chi connectivity index (χ2v) is 5.09. The summed E-state index contributed by atoms with van der Waals surface area (Å²) in [5, 5.41) is 10.9. The molecule has 0 saturated heterocycles. The molecule has 1 N–H and O–H groups in total. The third-order valence-electron chi connectivity index (χ3n) is 3.51. The maximum Gasteiger partial charge on any atom is 0.176 e. The Hall–Kier alpha value is -2.28. The molecule has 114 valence electrons. The standard InChI is InChI=1S/C19H20O3/c1-4-19(20,16-7-5-15(2)6-8-16)17-9-11-18(12-10-17)22-14-13-21-3/h1,5-12,20H,13-14H2,2-3H3. The molecular formula is C19H20O3. The van der Waals surface area contributed by atoms with Gasteiger partial charge in [-0.05, 0) is 19.1 Å². The van der Waals surface area contributed by atoms with Gasteiger partial charge in [0.2, 0.25) is 0 Å². The fourth-order valence-corrected chi connectivity index (χ4v) is 2.16. The van der Waals surface area contributed by atoms with Gasteiger partial charge in [-0.25, -0.2) is 0 Å². The molecule has 0 heterocycles. The van der Waals surface area contributed by atoms with Gasteiger partial charge in [-0.15, -0.1) is 6.42 Å². The highest BCUT2D eigenvalue weighted by atomic mass is 16.5. The van der Waals surface area contributed by atoms with E-state index < -0.39 is 5.60 Å². The highest BCUT2D eigenvalue weighted by Gasteiger charge is 2.28. The van der Waals surface area contributed by atoms with E-state index in [0.29, 0.717) is 30.1 Å². The van der Waals surface area contributed by atoms with Crippen molar-refractivity contribution in [2.24, 2.45) is 0 Å².